The summed E-state index contributed by atoms with van der Waals surface area (Å²) >= 11 is 0. The van der Waals surface area contributed by atoms with E-state index in [1.54, 1.807) is 56.5 Å². The van der Waals surface area contributed by atoms with Crippen LogP contribution in [0.4, 0.5) is 5.69 Å². The predicted molar refractivity (Wildman–Crippen MR) is 134 cm³/mol. The number of hydrogen-bond acceptors (Lipinski definition) is 5. The van der Waals surface area contributed by atoms with Crippen LogP contribution in [0.3, 0.4) is 0 Å². The molecule has 0 spiro atoms. The van der Waals surface area contributed by atoms with Crippen molar-refractivity contribution in [2.75, 3.05) is 30.8 Å². The lowest BCUT2D eigenvalue weighted by Crippen LogP contribution is -2.51. The van der Waals surface area contributed by atoms with Crippen LogP contribution in [0.2, 0.25) is 0 Å². The number of anilines is 1. The fraction of sp³-hybridized carbons (Fsp3) is 0.440. The molecule has 2 aromatic rings. The lowest BCUT2D eigenvalue weighted by molar-refractivity contribution is -0.139. The van der Waals surface area contributed by atoms with E-state index < -0.39 is 28.5 Å². The summed E-state index contributed by atoms with van der Waals surface area (Å²) in [6, 6.07) is 13.3. The molecule has 0 aliphatic carbocycles. The number of aryl methyl sites for hydroxylation is 1. The number of amides is 2. The molecule has 2 rings (SSSR count). The summed E-state index contributed by atoms with van der Waals surface area (Å²) in [4.78, 5) is 27.7. The summed E-state index contributed by atoms with van der Waals surface area (Å²) < 4.78 is 31.5. The average Bonchev–Trinajstić information content (AvgIpc) is 2.78. The number of rotatable bonds is 11. The number of ether oxygens (including phenoxy) is 1. The van der Waals surface area contributed by atoms with Crippen LogP contribution in [0.1, 0.15) is 31.9 Å². The third kappa shape index (κ3) is 7.76. The number of sulfonamides is 1. The van der Waals surface area contributed by atoms with Gasteiger partial charge in [0, 0.05) is 13.1 Å². The van der Waals surface area contributed by atoms with Gasteiger partial charge in [0.1, 0.15) is 18.3 Å². The van der Waals surface area contributed by atoms with Crippen LogP contribution >= 0.6 is 0 Å². The third-order valence-corrected chi connectivity index (χ3v) is 6.48. The van der Waals surface area contributed by atoms with Crippen molar-refractivity contribution in [3.05, 3.63) is 59.7 Å². The van der Waals surface area contributed by atoms with Gasteiger partial charge in [0.15, 0.2) is 0 Å². The Balaban J connectivity index is 2.37. The Morgan fingerprint density at radius 2 is 1.71 bits per heavy atom. The molecule has 34 heavy (non-hydrogen) atoms. The van der Waals surface area contributed by atoms with Crippen LogP contribution in [0.5, 0.6) is 5.75 Å². The van der Waals surface area contributed by atoms with Gasteiger partial charge < -0.3 is 15.0 Å². The number of nitrogens with one attached hydrogen (secondary N) is 1. The second-order valence-corrected chi connectivity index (χ2v) is 10.7. The second kappa shape index (κ2) is 11.9. The number of carbonyl (C=O) groups excluding carboxylic acids is 2. The SMILES string of the molecule is COc1cccc(CN(C(=O)CN(c2ccc(C)cc2)S(C)(=O)=O)[C@@H](C)C(=O)NCC(C)C)c1. The van der Waals surface area contributed by atoms with Crippen molar-refractivity contribution in [1.29, 1.82) is 0 Å². The van der Waals surface area contributed by atoms with E-state index in [0.29, 0.717) is 18.0 Å². The van der Waals surface area contributed by atoms with E-state index in [0.717, 1.165) is 21.7 Å². The van der Waals surface area contributed by atoms with Crippen LogP contribution < -0.4 is 14.4 Å². The summed E-state index contributed by atoms with van der Waals surface area (Å²) in [7, 11) is -2.19. The molecular formula is C25H35N3O5S. The summed E-state index contributed by atoms with van der Waals surface area (Å²) in [5.41, 5.74) is 2.12. The molecule has 1 atom stereocenters. The monoisotopic (exact) mass is 489 g/mol. The van der Waals surface area contributed by atoms with Gasteiger partial charge >= 0.3 is 0 Å². The maximum atomic E-state index is 13.5. The molecule has 1 N–H and O–H groups in total. The fourth-order valence-electron chi connectivity index (χ4n) is 3.33. The summed E-state index contributed by atoms with van der Waals surface area (Å²) in [6.07, 6.45) is 1.06. The van der Waals surface area contributed by atoms with E-state index in [1.165, 1.54) is 4.90 Å². The number of benzene rings is 2. The minimum Gasteiger partial charge on any atom is -0.497 e. The molecule has 0 saturated heterocycles. The molecule has 0 saturated carbocycles. The van der Waals surface area contributed by atoms with Crippen LogP contribution in [0, 0.1) is 12.8 Å². The first-order valence-electron chi connectivity index (χ1n) is 11.2. The van der Waals surface area contributed by atoms with Gasteiger partial charge in [0.2, 0.25) is 21.8 Å². The molecule has 0 aliphatic heterocycles. The highest BCUT2D eigenvalue weighted by molar-refractivity contribution is 7.92. The molecule has 0 radical (unpaired) electrons. The van der Waals surface area contributed by atoms with Crippen LogP contribution in [0.25, 0.3) is 0 Å². The zero-order valence-electron chi connectivity index (χ0n) is 20.7. The van der Waals surface area contributed by atoms with Gasteiger partial charge in [-0.05, 0) is 49.6 Å². The fourth-order valence-corrected chi connectivity index (χ4v) is 4.18. The Bertz CT molecular complexity index is 1080. The van der Waals surface area contributed by atoms with Crippen molar-refractivity contribution in [1.82, 2.24) is 10.2 Å². The van der Waals surface area contributed by atoms with Gasteiger partial charge in [-0.1, -0.05) is 43.7 Å². The molecule has 0 heterocycles. The van der Waals surface area contributed by atoms with E-state index in [-0.39, 0.29) is 18.4 Å². The number of carbonyl (C=O) groups is 2. The highest BCUT2D eigenvalue weighted by Crippen LogP contribution is 2.20. The quantitative estimate of drug-likeness (QED) is 0.524. The third-order valence-electron chi connectivity index (χ3n) is 5.34. The van der Waals surface area contributed by atoms with Crippen LogP contribution in [-0.2, 0) is 26.2 Å². The molecule has 9 heteroatoms. The van der Waals surface area contributed by atoms with Crippen molar-refractivity contribution >= 4 is 27.5 Å². The van der Waals surface area contributed by atoms with Gasteiger partial charge in [-0.25, -0.2) is 8.42 Å². The number of hydrogen-bond donors (Lipinski definition) is 1. The van der Waals surface area contributed by atoms with Crippen molar-refractivity contribution in [2.45, 2.75) is 40.3 Å². The Hall–Kier alpha value is -3.07. The van der Waals surface area contributed by atoms with Gasteiger partial charge in [0.05, 0.1) is 19.1 Å². The van der Waals surface area contributed by atoms with E-state index in [4.69, 9.17) is 4.74 Å². The predicted octanol–water partition coefficient (Wildman–Crippen LogP) is 2.96. The Morgan fingerprint density at radius 3 is 2.26 bits per heavy atom. The molecule has 8 nitrogen and oxygen atoms in total. The molecule has 0 unspecified atom stereocenters. The number of nitrogens with zero attached hydrogens (tertiary/aromatic N) is 2. The van der Waals surface area contributed by atoms with E-state index in [1.807, 2.05) is 26.8 Å². The summed E-state index contributed by atoms with van der Waals surface area (Å²) in [5.74, 6) is 0.0902. The molecule has 0 aliphatic rings. The molecule has 186 valence electrons. The molecular weight excluding hydrogens is 454 g/mol. The highest BCUT2D eigenvalue weighted by Gasteiger charge is 2.30. The zero-order valence-corrected chi connectivity index (χ0v) is 21.6. The zero-order chi connectivity index (χ0) is 25.5. The lowest BCUT2D eigenvalue weighted by atomic mass is 10.1. The van der Waals surface area contributed by atoms with Crippen molar-refractivity contribution in [2.24, 2.45) is 5.92 Å². The molecule has 0 bridgehead atoms. The molecule has 0 aromatic heterocycles. The smallest absolute Gasteiger partial charge is 0.244 e. The Kier molecular flexibility index (Phi) is 9.49. The van der Waals surface area contributed by atoms with E-state index in [9.17, 15) is 18.0 Å². The van der Waals surface area contributed by atoms with Gasteiger partial charge in [-0.3, -0.25) is 13.9 Å². The second-order valence-electron chi connectivity index (χ2n) is 8.79. The largest absolute Gasteiger partial charge is 0.497 e. The van der Waals surface area contributed by atoms with Crippen molar-refractivity contribution in [3.8, 4) is 5.75 Å². The van der Waals surface area contributed by atoms with E-state index >= 15 is 0 Å². The number of methoxy groups -OCH3 is 1. The lowest BCUT2D eigenvalue weighted by Gasteiger charge is -2.31. The van der Waals surface area contributed by atoms with Crippen LogP contribution in [0.15, 0.2) is 48.5 Å². The minimum absolute atomic E-state index is 0.123. The average molecular weight is 490 g/mol. The van der Waals surface area contributed by atoms with Crippen molar-refractivity contribution in [3.63, 3.8) is 0 Å². The first-order chi connectivity index (χ1) is 15.9. The maximum absolute atomic E-state index is 13.5. The summed E-state index contributed by atoms with van der Waals surface area (Å²) in [6.45, 7) is 7.68. The minimum atomic E-state index is -3.75. The topological polar surface area (TPSA) is 96.0 Å². The van der Waals surface area contributed by atoms with Crippen LogP contribution in [-0.4, -0.2) is 57.6 Å². The van der Waals surface area contributed by atoms with Gasteiger partial charge in [0.25, 0.3) is 0 Å². The maximum Gasteiger partial charge on any atom is 0.244 e. The summed E-state index contributed by atoms with van der Waals surface area (Å²) in [5, 5.41) is 2.86. The molecule has 2 amide bonds. The molecule has 2 aromatic carbocycles. The van der Waals surface area contributed by atoms with Gasteiger partial charge in [-0.2, -0.15) is 0 Å². The van der Waals surface area contributed by atoms with Crippen molar-refractivity contribution < 1.29 is 22.7 Å². The first-order valence-corrected chi connectivity index (χ1v) is 13.0. The van der Waals surface area contributed by atoms with E-state index in [2.05, 4.69) is 5.32 Å². The Morgan fingerprint density at radius 1 is 1.06 bits per heavy atom. The highest BCUT2D eigenvalue weighted by atomic mass is 32.2. The Labute approximate surface area is 202 Å². The van der Waals surface area contributed by atoms with Gasteiger partial charge in [-0.15, -0.1) is 0 Å². The molecule has 0 fully saturated rings. The standard InChI is InChI=1S/C25H35N3O5S/c1-18(2)15-26-25(30)20(4)27(16-21-8-7-9-23(14-21)33-5)24(29)17-28(34(6,31)32)22-12-10-19(3)11-13-22/h7-14,18,20H,15-17H2,1-6H3,(H,26,30)/t20-/m0/s1. The first kappa shape index (κ1) is 27.2. The normalized spacial score (nSPS) is 12.2.